The van der Waals surface area contributed by atoms with Crippen LogP contribution in [0.5, 0.6) is 0 Å². The summed E-state index contributed by atoms with van der Waals surface area (Å²) in [6, 6.07) is 10.9. The van der Waals surface area contributed by atoms with Gasteiger partial charge < -0.3 is 10.6 Å². The molecule has 2 aromatic carbocycles. The highest BCUT2D eigenvalue weighted by Gasteiger charge is 2.17. The van der Waals surface area contributed by atoms with Crippen LogP contribution in [0.3, 0.4) is 0 Å². The van der Waals surface area contributed by atoms with Crippen molar-refractivity contribution in [1.29, 1.82) is 0 Å². The SMILES string of the molecule is CSc1cccc(NC(=O)C(=O)Nc2c(C)cc(C)cc2Cl)c1. The van der Waals surface area contributed by atoms with E-state index in [1.807, 2.05) is 38.3 Å². The first kappa shape index (κ1) is 17.4. The molecule has 0 saturated heterocycles. The maximum atomic E-state index is 12.1. The van der Waals surface area contributed by atoms with Crippen LogP contribution in [0.2, 0.25) is 5.02 Å². The molecule has 0 heterocycles. The van der Waals surface area contributed by atoms with E-state index < -0.39 is 11.8 Å². The Morgan fingerprint density at radius 3 is 2.39 bits per heavy atom. The van der Waals surface area contributed by atoms with Crippen molar-refractivity contribution in [2.24, 2.45) is 0 Å². The number of halogens is 1. The molecular formula is C17H17ClN2O2S. The van der Waals surface area contributed by atoms with Gasteiger partial charge in [-0.25, -0.2) is 0 Å². The highest BCUT2D eigenvalue weighted by molar-refractivity contribution is 7.98. The van der Waals surface area contributed by atoms with Gasteiger partial charge in [0.1, 0.15) is 0 Å². The van der Waals surface area contributed by atoms with Gasteiger partial charge in [-0.1, -0.05) is 23.7 Å². The highest BCUT2D eigenvalue weighted by atomic mass is 35.5. The molecule has 0 radical (unpaired) electrons. The lowest BCUT2D eigenvalue weighted by Gasteiger charge is -2.12. The number of hydrogen-bond acceptors (Lipinski definition) is 3. The van der Waals surface area contributed by atoms with E-state index in [9.17, 15) is 9.59 Å². The fraction of sp³-hybridized carbons (Fsp3) is 0.176. The van der Waals surface area contributed by atoms with Gasteiger partial charge in [0.05, 0.1) is 10.7 Å². The molecule has 2 N–H and O–H groups in total. The molecule has 0 atom stereocenters. The van der Waals surface area contributed by atoms with Crippen LogP contribution in [0.1, 0.15) is 11.1 Å². The average molecular weight is 349 g/mol. The molecule has 23 heavy (non-hydrogen) atoms. The Kier molecular flexibility index (Phi) is 5.69. The van der Waals surface area contributed by atoms with Crippen LogP contribution in [-0.4, -0.2) is 18.1 Å². The van der Waals surface area contributed by atoms with Crippen molar-refractivity contribution in [1.82, 2.24) is 0 Å². The Balaban J connectivity index is 2.10. The monoisotopic (exact) mass is 348 g/mol. The molecule has 2 rings (SSSR count). The number of thioether (sulfide) groups is 1. The lowest BCUT2D eigenvalue weighted by atomic mass is 10.1. The second-order valence-corrected chi connectivity index (χ2v) is 6.37. The minimum Gasteiger partial charge on any atom is -0.318 e. The van der Waals surface area contributed by atoms with Gasteiger partial charge in [-0.3, -0.25) is 9.59 Å². The summed E-state index contributed by atoms with van der Waals surface area (Å²) in [7, 11) is 0. The summed E-state index contributed by atoms with van der Waals surface area (Å²) >= 11 is 7.69. The normalized spacial score (nSPS) is 10.3. The van der Waals surface area contributed by atoms with Crippen molar-refractivity contribution in [3.63, 3.8) is 0 Å². The number of rotatable bonds is 3. The van der Waals surface area contributed by atoms with E-state index >= 15 is 0 Å². The topological polar surface area (TPSA) is 58.2 Å². The molecule has 2 aromatic rings. The second kappa shape index (κ2) is 7.53. The van der Waals surface area contributed by atoms with Crippen LogP contribution in [-0.2, 0) is 9.59 Å². The number of aryl methyl sites for hydroxylation is 2. The van der Waals surface area contributed by atoms with Crippen LogP contribution in [0.4, 0.5) is 11.4 Å². The first-order valence-electron chi connectivity index (χ1n) is 6.94. The molecule has 6 heteroatoms. The predicted molar refractivity (Wildman–Crippen MR) is 96.4 cm³/mol. The molecule has 0 fully saturated rings. The van der Waals surface area contributed by atoms with Gasteiger partial charge in [-0.05, 0) is 55.5 Å². The molecule has 0 aliphatic carbocycles. The molecule has 0 aliphatic rings. The lowest BCUT2D eigenvalue weighted by molar-refractivity contribution is -0.133. The minimum absolute atomic E-state index is 0.410. The zero-order valence-electron chi connectivity index (χ0n) is 13.1. The van der Waals surface area contributed by atoms with E-state index in [0.717, 1.165) is 16.0 Å². The van der Waals surface area contributed by atoms with Crippen LogP contribution in [0.25, 0.3) is 0 Å². The second-order valence-electron chi connectivity index (χ2n) is 5.08. The Bertz CT molecular complexity index is 739. The molecule has 120 valence electrons. The van der Waals surface area contributed by atoms with E-state index in [2.05, 4.69) is 10.6 Å². The van der Waals surface area contributed by atoms with Gasteiger partial charge in [0.25, 0.3) is 0 Å². The number of anilines is 2. The average Bonchev–Trinajstić information content (AvgIpc) is 2.50. The molecule has 0 saturated carbocycles. The van der Waals surface area contributed by atoms with E-state index in [-0.39, 0.29) is 0 Å². The molecule has 4 nitrogen and oxygen atoms in total. The van der Waals surface area contributed by atoms with Crippen molar-refractivity contribution in [2.75, 3.05) is 16.9 Å². The van der Waals surface area contributed by atoms with Gasteiger partial charge in [0.15, 0.2) is 0 Å². The Hall–Kier alpha value is -1.98. The van der Waals surface area contributed by atoms with Gasteiger partial charge in [0, 0.05) is 10.6 Å². The predicted octanol–water partition coefficient (Wildman–Crippen LogP) is 4.26. The molecule has 0 bridgehead atoms. The minimum atomic E-state index is -0.756. The summed E-state index contributed by atoms with van der Waals surface area (Å²) < 4.78 is 0. The van der Waals surface area contributed by atoms with E-state index in [1.165, 1.54) is 0 Å². The third-order valence-electron chi connectivity index (χ3n) is 3.20. The van der Waals surface area contributed by atoms with Gasteiger partial charge in [-0.2, -0.15) is 0 Å². The molecule has 0 aromatic heterocycles. The summed E-state index contributed by atoms with van der Waals surface area (Å²) in [6.45, 7) is 3.74. The number of carbonyl (C=O) groups excluding carboxylic acids is 2. The first-order valence-corrected chi connectivity index (χ1v) is 8.54. The van der Waals surface area contributed by atoms with E-state index in [4.69, 9.17) is 11.6 Å². The number of amides is 2. The van der Waals surface area contributed by atoms with Crippen molar-refractivity contribution in [3.05, 3.63) is 52.5 Å². The van der Waals surface area contributed by atoms with Crippen LogP contribution in [0.15, 0.2) is 41.3 Å². The first-order chi connectivity index (χ1) is 10.9. The fourth-order valence-electron chi connectivity index (χ4n) is 2.13. The summed E-state index contributed by atoms with van der Waals surface area (Å²) in [5.41, 5.74) is 2.82. The third-order valence-corrected chi connectivity index (χ3v) is 4.23. The molecule has 0 aliphatic heterocycles. The summed E-state index contributed by atoms with van der Waals surface area (Å²) in [4.78, 5) is 25.1. The maximum absolute atomic E-state index is 12.1. The standard InChI is InChI=1S/C17H17ClN2O2S/c1-10-7-11(2)15(14(18)8-10)20-17(22)16(21)19-12-5-4-6-13(9-12)23-3/h4-9H,1-3H3,(H,19,21)(H,20,22). The fourth-order valence-corrected chi connectivity index (χ4v) is 2.96. The number of benzene rings is 2. The summed E-state index contributed by atoms with van der Waals surface area (Å²) in [6.07, 6.45) is 1.94. The van der Waals surface area contributed by atoms with Crippen LogP contribution >= 0.6 is 23.4 Å². The van der Waals surface area contributed by atoms with Crippen molar-refractivity contribution in [2.45, 2.75) is 18.7 Å². The van der Waals surface area contributed by atoms with Crippen molar-refractivity contribution < 1.29 is 9.59 Å². The molecule has 0 spiro atoms. The number of nitrogens with one attached hydrogen (secondary N) is 2. The lowest BCUT2D eigenvalue weighted by Crippen LogP contribution is -2.29. The summed E-state index contributed by atoms with van der Waals surface area (Å²) in [5.74, 6) is -1.49. The van der Waals surface area contributed by atoms with E-state index in [1.54, 1.807) is 30.0 Å². The molecule has 0 unspecified atom stereocenters. The highest BCUT2D eigenvalue weighted by Crippen LogP contribution is 2.27. The smallest absolute Gasteiger partial charge is 0.314 e. The van der Waals surface area contributed by atoms with E-state index in [0.29, 0.717) is 16.4 Å². The largest absolute Gasteiger partial charge is 0.318 e. The van der Waals surface area contributed by atoms with Crippen molar-refractivity contribution in [3.8, 4) is 0 Å². The van der Waals surface area contributed by atoms with Gasteiger partial charge >= 0.3 is 11.8 Å². The van der Waals surface area contributed by atoms with Gasteiger partial charge in [0.2, 0.25) is 0 Å². The summed E-state index contributed by atoms with van der Waals surface area (Å²) in [5, 5.41) is 5.56. The Labute approximate surface area is 144 Å². The molecule has 2 amide bonds. The number of carbonyl (C=O) groups is 2. The maximum Gasteiger partial charge on any atom is 0.314 e. The van der Waals surface area contributed by atoms with Crippen molar-refractivity contribution >= 4 is 46.6 Å². The zero-order chi connectivity index (χ0) is 17.0. The zero-order valence-corrected chi connectivity index (χ0v) is 14.6. The van der Waals surface area contributed by atoms with Crippen LogP contribution in [0, 0.1) is 13.8 Å². The quantitative estimate of drug-likeness (QED) is 0.643. The Morgan fingerprint density at radius 2 is 1.74 bits per heavy atom. The third kappa shape index (κ3) is 4.50. The Morgan fingerprint density at radius 1 is 1.04 bits per heavy atom. The van der Waals surface area contributed by atoms with Crippen LogP contribution < -0.4 is 10.6 Å². The number of hydrogen-bond donors (Lipinski definition) is 2. The molecular weight excluding hydrogens is 332 g/mol. The van der Waals surface area contributed by atoms with Gasteiger partial charge in [-0.15, -0.1) is 11.8 Å².